The molecule has 0 aliphatic heterocycles. The molecular weight excluding hydrogens is 479 g/mol. The summed E-state index contributed by atoms with van der Waals surface area (Å²) in [5.74, 6) is 3.01. The topological polar surface area (TPSA) is 77.4 Å². The monoisotopic (exact) mass is 508 g/mol. The summed E-state index contributed by atoms with van der Waals surface area (Å²) in [7, 11) is 5.15. The molecule has 0 radical (unpaired) electrons. The van der Waals surface area contributed by atoms with E-state index in [0.29, 0.717) is 22.0 Å². The minimum Gasteiger partial charge on any atom is -0.497 e. The van der Waals surface area contributed by atoms with Crippen molar-refractivity contribution in [2.45, 2.75) is 0 Å². The molecule has 4 rings (SSSR count). The normalized spacial score (nSPS) is 9.53. The fraction of sp³-hybridized carbons (Fsp3) is 0.143. The van der Waals surface area contributed by atoms with Crippen LogP contribution in [0.2, 0.25) is 5.02 Å². The zero-order chi connectivity index (χ0) is 26.3. The van der Waals surface area contributed by atoms with Crippen molar-refractivity contribution >= 4 is 24.2 Å². The van der Waals surface area contributed by atoms with Crippen LogP contribution in [0.1, 0.15) is 0 Å². The maximum atomic E-state index is 8.58. The first-order valence-electron chi connectivity index (χ1n) is 11.0. The van der Waals surface area contributed by atoms with E-state index >= 15 is 0 Å². The maximum Gasteiger partial charge on any atom is 0.488 e. The molecule has 8 heteroatoms. The summed E-state index contributed by atoms with van der Waals surface area (Å²) in [6.07, 6.45) is 0. The third-order valence-electron chi connectivity index (χ3n) is 4.87. The van der Waals surface area contributed by atoms with Gasteiger partial charge in [0.15, 0.2) is 0 Å². The molecule has 0 unspecified atom stereocenters. The number of ether oxygens (including phenoxy) is 4. The van der Waals surface area contributed by atoms with Gasteiger partial charge in [0.25, 0.3) is 0 Å². The van der Waals surface area contributed by atoms with Crippen LogP contribution in [-0.4, -0.2) is 45.6 Å². The van der Waals surface area contributed by atoms with Gasteiger partial charge >= 0.3 is 7.12 Å². The first-order valence-corrected chi connectivity index (χ1v) is 11.4. The fourth-order valence-electron chi connectivity index (χ4n) is 3.00. The molecule has 0 aliphatic rings. The van der Waals surface area contributed by atoms with Crippen LogP contribution in [0.25, 0.3) is 11.1 Å². The summed E-state index contributed by atoms with van der Waals surface area (Å²) in [5.41, 5.74) is 2.77. The van der Waals surface area contributed by atoms with E-state index in [1.54, 1.807) is 70.9 Å². The Hall–Kier alpha value is -3.65. The largest absolute Gasteiger partial charge is 0.497 e. The molecule has 0 bridgehead atoms. The molecule has 0 atom stereocenters. The predicted molar refractivity (Wildman–Crippen MR) is 146 cm³/mol. The molecule has 0 heterocycles. The minimum absolute atomic E-state index is 0.525. The highest BCUT2D eigenvalue weighted by Crippen LogP contribution is 2.29. The number of methoxy groups -OCH3 is 4. The molecule has 0 saturated carbocycles. The number of hydrogen-bond donors (Lipinski definition) is 2. The average Bonchev–Trinajstić information content (AvgIpc) is 2.93. The van der Waals surface area contributed by atoms with Gasteiger partial charge in [-0.05, 0) is 40.9 Å². The van der Waals surface area contributed by atoms with Crippen molar-refractivity contribution in [3.63, 3.8) is 0 Å². The minimum atomic E-state index is -1.34. The summed E-state index contributed by atoms with van der Waals surface area (Å²) in [6, 6.07) is 29.9. The number of rotatable bonds is 6. The highest BCUT2D eigenvalue weighted by Gasteiger charge is 2.07. The Kier molecular flexibility index (Phi) is 12.2. The van der Waals surface area contributed by atoms with Crippen molar-refractivity contribution in [2.75, 3.05) is 28.4 Å². The van der Waals surface area contributed by atoms with Crippen molar-refractivity contribution < 1.29 is 29.0 Å². The fourth-order valence-corrected chi connectivity index (χ4v) is 3.22. The van der Waals surface area contributed by atoms with Crippen LogP contribution in [0.15, 0.2) is 97.1 Å². The second kappa shape index (κ2) is 15.4. The van der Waals surface area contributed by atoms with Crippen molar-refractivity contribution in [3.05, 3.63) is 102 Å². The van der Waals surface area contributed by atoms with Crippen molar-refractivity contribution in [2.24, 2.45) is 0 Å². The lowest BCUT2D eigenvalue weighted by Gasteiger charge is -2.08. The molecule has 0 saturated heterocycles. The molecule has 0 fully saturated rings. The van der Waals surface area contributed by atoms with Crippen molar-refractivity contribution in [1.29, 1.82) is 0 Å². The van der Waals surface area contributed by atoms with Crippen LogP contribution in [0.5, 0.6) is 23.0 Å². The Labute approximate surface area is 217 Å². The second-order valence-electron chi connectivity index (χ2n) is 7.28. The highest BCUT2D eigenvalue weighted by atomic mass is 35.5. The lowest BCUT2D eigenvalue weighted by molar-refractivity contribution is 0.394. The molecule has 0 aliphatic carbocycles. The molecule has 188 valence electrons. The van der Waals surface area contributed by atoms with Gasteiger partial charge < -0.3 is 29.0 Å². The van der Waals surface area contributed by atoms with E-state index in [1.165, 1.54) is 0 Å². The zero-order valence-electron chi connectivity index (χ0n) is 20.7. The van der Waals surface area contributed by atoms with Crippen molar-refractivity contribution in [1.82, 2.24) is 0 Å². The van der Waals surface area contributed by atoms with Gasteiger partial charge in [-0.25, -0.2) is 0 Å². The van der Waals surface area contributed by atoms with E-state index in [2.05, 4.69) is 12.1 Å². The number of halogens is 1. The third kappa shape index (κ3) is 9.54. The maximum absolute atomic E-state index is 8.58. The SMILES string of the molecule is COc1cc(Cl)cc(OC)c1.COc1cc(OC)cc(-c2ccccc2)c1.OB(O)c1ccccc1. The number of hydrogen-bond acceptors (Lipinski definition) is 6. The first-order chi connectivity index (χ1) is 17.4. The number of benzene rings is 4. The molecule has 4 aromatic carbocycles. The van der Waals surface area contributed by atoms with E-state index < -0.39 is 7.12 Å². The third-order valence-corrected chi connectivity index (χ3v) is 5.09. The molecule has 6 nitrogen and oxygen atoms in total. The van der Waals surface area contributed by atoms with Gasteiger partial charge in [-0.2, -0.15) is 0 Å². The highest BCUT2D eigenvalue weighted by molar-refractivity contribution is 6.58. The predicted octanol–water partition coefficient (Wildman–Crippen LogP) is 5.09. The summed E-state index contributed by atoms with van der Waals surface area (Å²) < 4.78 is 20.4. The Bertz CT molecular complexity index is 1130. The Morgan fingerprint density at radius 2 is 0.917 bits per heavy atom. The van der Waals surface area contributed by atoms with Crippen LogP contribution in [0.4, 0.5) is 0 Å². The van der Waals surface area contributed by atoms with Crippen LogP contribution in [0, 0.1) is 0 Å². The van der Waals surface area contributed by atoms with E-state index in [-0.39, 0.29) is 0 Å². The van der Waals surface area contributed by atoms with Crippen molar-refractivity contribution in [3.8, 4) is 34.1 Å². The van der Waals surface area contributed by atoms with Crippen LogP contribution >= 0.6 is 11.6 Å². The van der Waals surface area contributed by atoms with E-state index in [9.17, 15) is 0 Å². The standard InChI is InChI=1S/C14H14O2.C8H9ClO2.C6H7BO2/c1-15-13-8-12(9-14(10-13)16-2)11-6-4-3-5-7-11;1-10-7-3-6(9)4-8(5-7)11-2;8-7(9)6-4-2-1-3-5-6/h3-10H,1-2H3;3-5H,1-2H3;1-5,8-9H. The summed E-state index contributed by atoms with van der Waals surface area (Å²) in [4.78, 5) is 0. The van der Waals surface area contributed by atoms with Gasteiger partial charge in [-0.1, -0.05) is 72.3 Å². The Morgan fingerprint density at radius 1 is 0.528 bits per heavy atom. The molecule has 0 amide bonds. The van der Waals surface area contributed by atoms with Gasteiger partial charge in [-0.3, -0.25) is 0 Å². The van der Waals surface area contributed by atoms with Gasteiger partial charge in [0.1, 0.15) is 23.0 Å². The smallest absolute Gasteiger partial charge is 0.488 e. The van der Waals surface area contributed by atoms with E-state index in [0.717, 1.165) is 22.6 Å². The Balaban J connectivity index is 0.000000200. The van der Waals surface area contributed by atoms with Gasteiger partial charge in [0.05, 0.1) is 28.4 Å². The van der Waals surface area contributed by atoms with Crippen LogP contribution in [-0.2, 0) is 0 Å². The summed E-state index contributed by atoms with van der Waals surface area (Å²) in [5, 5.41) is 17.8. The lowest BCUT2D eigenvalue weighted by Crippen LogP contribution is -2.29. The lowest BCUT2D eigenvalue weighted by atomic mass is 9.81. The summed E-state index contributed by atoms with van der Waals surface area (Å²) in [6.45, 7) is 0. The van der Waals surface area contributed by atoms with Gasteiger partial charge in [0, 0.05) is 17.2 Å². The second-order valence-corrected chi connectivity index (χ2v) is 7.72. The van der Waals surface area contributed by atoms with Crippen LogP contribution < -0.4 is 24.4 Å². The molecule has 36 heavy (non-hydrogen) atoms. The molecule has 4 aromatic rings. The molecule has 0 spiro atoms. The van der Waals surface area contributed by atoms with Gasteiger partial charge in [-0.15, -0.1) is 0 Å². The molecular formula is C28H30BClO6. The van der Waals surface area contributed by atoms with Gasteiger partial charge in [0.2, 0.25) is 0 Å². The van der Waals surface area contributed by atoms with Crippen LogP contribution in [0.3, 0.4) is 0 Å². The van der Waals surface area contributed by atoms with E-state index in [1.807, 2.05) is 42.5 Å². The molecule has 0 aromatic heterocycles. The van der Waals surface area contributed by atoms with E-state index in [4.69, 9.17) is 40.6 Å². The molecule has 2 N–H and O–H groups in total. The zero-order valence-corrected chi connectivity index (χ0v) is 21.5. The quantitative estimate of drug-likeness (QED) is 0.353. The average molecular weight is 509 g/mol. The Morgan fingerprint density at radius 3 is 1.28 bits per heavy atom. The summed E-state index contributed by atoms with van der Waals surface area (Å²) >= 11 is 5.75. The first kappa shape index (κ1) is 28.6.